The SMILES string of the molecule is CC(=O)OCC1OC(O)C(NC(=O)OCc2ccccc2)C(OC(C)=O)C1OC(C)=O. The van der Waals surface area contributed by atoms with Crippen molar-refractivity contribution in [3.63, 3.8) is 0 Å². The van der Waals surface area contributed by atoms with Gasteiger partial charge in [0.25, 0.3) is 0 Å². The molecule has 0 spiro atoms. The maximum atomic E-state index is 12.3. The highest BCUT2D eigenvalue weighted by molar-refractivity contribution is 5.69. The molecule has 11 nitrogen and oxygen atoms in total. The van der Waals surface area contributed by atoms with Gasteiger partial charge >= 0.3 is 24.0 Å². The van der Waals surface area contributed by atoms with Crippen LogP contribution >= 0.6 is 0 Å². The van der Waals surface area contributed by atoms with E-state index in [0.29, 0.717) is 0 Å². The molecule has 1 amide bonds. The van der Waals surface area contributed by atoms with Crippen molar-refractivity contribution < 1.29 is 48.0 Å². The minimum absolute atomic E-state index is 0.0446. The van der Waals surface area contributed by atoms with Crippen molar-refractivity contribution in [3.05, 3.63) is 35.9 Å². The number of carbonyl (C=O) groups excluding carboxylic acids is 4. The van der Waals surface area contributed by atoms with E-state index in [2.05, 4.69) is 5.32 Å². The number of benzene rings is 1. The van der Waals surface area contributed by atoms with Crippen molar-refractivity contribution in [2.45, 2.75) is 58.0 Å². The van der Waals surface area contributed by atoms with E-state index in [0.717, 1.165) is 26.3 Å². The first-order valence-electron chi connectivity index (χ1n) is 9.46. The number of hydrogen-bond donors (Lipinski definition) is 2. The molecule has 170 valence electrons. The molecule has 1 heterocycles. The van der Waals surface area contributed by atoms with Crippen molar-refractivity contribution in [1.82, 2.24) is 5.32 Å². The summed E-state index contributed by atoms with van der Waals surface area (Å²) in [6, 6.07) is 7.54. The molecule has 2 rings (SSSR count). The molecule has 1 fully saturated rings. The van der Waals surface area contributed by atoms with E-state index in [4.69, 9.17) is 23.7 Å². The third kappa shape index (κ3) is 7.54. The van der Waals surface area contributed by atoms with E-state index in [1.54, 1.807) is 24.3 Å². The summed E-state index contributed by atoms with van der Waals surface area (Å²) in [4.78, 5) is 46.7. The van der Waals surface area contributed by atoms with Crippen LogP contribution in [0.4, 0.5) is 4.79 Å². The average molecular weight is 439 g/mol. The molecule has 11 heteroatoms. The minimum atomic E-state index is -1.68. The van der Waals surface area contributed by atoms with E-state index in [-0.39, 0.29) is 13.2 Å². The molecule has 1 saturated heterocycles. The fraction of sp³-hybridized carbons (Fsp3) is 0.500. The van der Waals surface area contributed by atoms with Gasteiger partial charge in [-0.15, -0.1) is 0 Å². The Morgan fingerprint density at radius 2 is 1.55 bits per heavy atom. The lowest BCUT2D eigenvalue weighted by Crippen LogP contribution is -2.66. The van der Waals surface area contributed by atoms with Crippen LogP contribution in [0.1, 0.15) is 26.3 Å². The number of carbonyl (C=O) groups is 4. The van der Waals surface area contributed by atoms with Crippen LogP contribution < -0.4 is 5.32 Å². The second kappa shape index (κ2) is 11.3. The Bertz CT molecular complexity index is 783. The van der Waals surface area contributed by atoms with Crippen molar-refractivity contribution in [2.75, 3.05) is 6.61 Å². The van der Waals surface area contributed by atoms with E-state index >= 15 is 0 Å². The van der Waals surface area contributed by atoms with Gasteiger partial charge in [0.1, 0.15) is 25.4 Å². The average Bonchev–Trinajstić information content (AvgIpc) is 2.70. The lowest BCUT2D eigenvalue weighted by molar-refractivity contribution is -0.264. The second-order valence-corrected chi connectivity index (χ2v) is 6.75. The van der Waals surface area contributed by atoms with Crippen molar-refractivity contribution in [2.24, 2.45) is 0 Å². The summed E-state index contributed by atoms with van der Waals surface area (Å²) in [5, 5.41) is 12.8. The minimum Gasteiger partial charge on any atom is -0.463 e. The molecule has 0 radical (unpaired) electrons. The van der Waals surface area contributed by atoms with Crippen LogP contribution in [0.15, 0.2) is 30.3 Å². The van der Waals surface area contributed by atoms with E-state index < -0.39 is 54.6 Å². The van der Waals surface area contributed by atoms with Gasteiger partial charge in [0, 0.05) is 20.8 Å². The Morgan fingerprint density at radius 1 is 0.935 bits per heavy atom. The summed E-state index contributed by atoms with van der Waals surface area (Å²) in [5.41, 5.74) is 0.730. The predicted octanol–water partition coefficient (Wildman–Crippen LogP) is 0.425. The van der Waals surface area contributed by atoms with Gasteiger partial charge in [0.2, 0.25) is 0 Å². The molecule has 1 aromatic rings. The van der Waals surface area contributed by atoms with E-state index in [9.17, 15) is 24.3 Å². The van der Waals surface area contributed by atoms with Gasteiger partial charge in [0.05, 0.1) is 0 Å². The first kappa shape index (κ1) is 24.1. The molecule has 1 aliphatic heterocycles. The largest absolute Gasteiger partial charge is 0.463 e. The number of rotatable bonds is 7. The Labute approximate surface area is 178 Å². The third-order valence-corrected chi connectivity index (χ3v) is 4.22. The fourth-order valence-corrected chi connectivity index (χ4v) is 2.97. The smallest absolute Gasteiger partial charge is 0.407 e. The Hall–Kier alpha value is -3.18. The molecule has 0 aromatic heterocycles. The monoisotopic (exact) mass is 439 g/mol. The van der Waals surface area contributed by atoms with Gasteiger partial charge in [-0.05, 0) is 5.56 Å². The summed E-state index contributed by atoms with van der Waals surface area (Å²) in [5.74, 6) is -2.12. The highest BCUT2D eigenvalue weighted by Gasteiger charge is 2.50. The van der Waals surface area contributed by atoms with Crippen molar-refractivity contribution >= 4 is 24.0 Å². The molecule has 31 heavy (non-hydrogen) atoms. The lowest BCUT2D eigenvalue weighted by Gasteiger charge is -2.43. The third-order valence-electron chi connectivity index (χ3n) is 4.22. The first-order chi connectivity index (χ1) is 14.7. The van der Waals surface area contributed by atoms with Crippen LogP contribution in [0.3, 0.4) is 0 Å². The Kier molecular flexibility index (Phi) is 8.76. The molecule has 0 saturated carbocycles. The Morgan fingerprint density at radius 3 is 2.13 bits per heavy atom. The normalized spacial score (nSPS) is 25.1. The molecule has 1 aliphatic rings. The zero-order valence-electron chi connectivity index (χ0n) is 17.3. The Balaban J connectivity index is 2.16. The number of nitrogens with one attached hydrogen (secondary N) is 1. The summed E-state index contributed by atoms with van der Waals surface area (Å²) < 4.78 is 25.8. The van der Waals surface area contributed by atoms with Gasteiger partial charge in [-0.25, -0.2) is 4.79 Å². The van der Waals surface area contributed by atoms with Gasteiger partial charge in [0.15, 0.2) is 18.5 Å². The van der Waals surface area contributed by atoms with E-state index in [1.807, 2.05) is 6.07 Å². The number of ether oxygens (including phenoxy) is 5. The maximum absolute atomic E-state index is 12.3. The topological polar surface area (TPSA) is 147 Å². The summed E-state index contributed by atoms with van der Waals surface area (Å²) >= 11 is 0. The van der Waals surface area contributed by atoms with Crippen LogP contribution in [0.2, 0.25) is 0 Å². The quantitative estimate of drug-likeness (QED) is 0.453. The molecule has 0 bridgehead atoms. The standard InChI is InChI=1S/C20H25NO10/c1-11(22)27-10-15-17(29-12(2)23)18(30-13(3)24)16(19(25)31-15)21-20(26)28-9-14-7-5-4-6-8-14/h4-8,15-19,25H,9-10H2,1-3H3,(H,21,26). The number of amides is 1. The van der Waals surface area contributed by atoms with Crippen molar-refractivity contribution in [1.29, 1.82) is 0 Å². The molecule has 5 unspecified atom stereocenters. The highest BCUT2D eigenvalue weighted by Crippen LogP contribution is 2.26. The molecule has 1 aromatic carbocycles. The van der Waals surface area contributed by atoms with Crippen molar-refractivity contribution in [3.8, 4) is 0 Å². The highest BCUT2D eigenvalue weighted by atomic mass is 16.7. The number of hydrogen-bond acceptors (Lipinski definition) is 10. The number of esters is 3. The summed E-state index contributed by atoms with van der Waals surface area (Å²) in [6.07, 6.45) is -6.36. The fourth-order valence-electron chi connectivity index (χ4n) is 2.97. The van der Waals surface area contributed by atoms with Crippen LogP contribution in [-0.2, 0) is 44.7 Å². The summed E-state index contributed by atoms with van der Waals surface area (Å²) in [6.45, 7) is 2.97. The van der Waals surface area contributed by atoms with Crippen LogP contribution in [0.25, 0.3) is 0 Å². The van der Waals surface area contributed by atoms with Gasteiger partial charge < -0.3 is 34.1 Å². The number of aliphatic hydroxyl groups excluding tert-OH is 1. The first-order valence-corrected chi connectivity index (χ1v) is 9.46. The lowest BCUT2D eigenvalue weighted by atomic mass is 9.96. The zero-order chi connectivity index (χ0) is 23.0. The maximum Gasteiger partial charge on any atom is 0.407 e. The van der Waals surface area contributed by atoms with Gasteiger partial charge in [-0.1, -0.05) is 30.3 Å². The molecular formula is C20H25NO10. The molecular weight excluding hydrogens is 414 g/mol. The number of alkyl carbamates (subject to hydrolysis) is 1. The predicted molar refractivity (Wildman–Crippen MR) is 102 cm³/mol. The van der Waals surface area contributed by atoms with Crippen LogP contribution in [0.5, 0.6) is 0 Å². The van der Waals surface area contributed by atoms with Crippen LogP contribution in [-0.4, -0.2) is 66.4 Å². The van der Waals surface area contributed by atoms with Crippen LogP contribution in [0, 0.1) is 0 Å². The molecule has 5 atom stereocenters. The van der Waals surface area contributed by atoms with Gasteiger partial charge in [-0.3, -0.25) is 14.4 Å². The molecule has 2 N–H and O–H groups in total. The zero-order valence-corrected chi connectivity index (χ0v) is 17.3. The van der Waals surface area contributed by atoms with E-state index in [1.165, 1.54) is 0 Å². The second-order valence-electron chi connectivity index (χ2n) is 6.75. The summed E-state index contributed by atoms with van der Waals surface area (Å²) in [7, 11) is 0. The molecule has 0 aliphatic carbocycles. The van der Waals surface area contributed by atoms with Gasteiger partial charge in [-0.2, -0.15) is 0 Å². The number of aliphatic hydroxyl groups is 1.